The highest BCUT2D eigenvalue weighted by Crippen LogP contribution is 2.28. The number of aliphatic hydroxyl groups excluding tert-OH is 1. The van der Waals surface area contributed by atoms with Crippen molar-refractivity contribution in [2.24, 2.45) is 0 Å². The Morgan fingerprint density at radius 3 is 2.62 bits per heavy atom. The van der Waals surface area contributed by atoms with Crippen molar-refractivity contribution in [1.29, 1.82) is 0 Å². The van der Waals surface area contributed by atoms with Gasteiger partial charge in [0.1, 0.15) is 5.76 Å². The van der Waals surface area contributed by atoms with Crippen molar-refractivity contribution in [3.63, 3.8) is 0 Å². The summed E-state index contributed by atoms with van der Waals surface area (Å²) in [6, 6.07) is 3.61. The van der Waals surface area contributed by atoms with Gasteiger partial charge in [0.2, 0.25) is 0 Å². The zero-order valence-electron chi connectivity index (χ0n) is 9.34. The molecular weight excluding hydrogens is 226 g/mol. The maximum absolute atomic E-state index is 9.51. The van der Waals surface area contributed by atoms with Gasteiger partial charge in [-0.3, -0.25) is 0 Å². The molecule has 1 aliphatic carbocycles. The molecule has 2 N–H and O–H groups in total. The van der Waals surface area contributed by atoms with E-state index in [0.29, 0.717) is 11.8 Å². The Bertz CT molecular complexity index is 332. The molecule has 4 heteroatoms. The maximum Gasteiger partial charge on any atom is 0.193 e. The molecule has 0 amide bonds. The molecule has 2 rings (SSSR count). The normalized spacial score (nSPS) is 19.9. The molecule has 1 aromatic rings. The van der Waals surface area contributed by atoms with Gasteiger partial charge in [0.15, 0.2) is 5.22 Å². The van der Waals surface area contributed by atoms with E-state index >= 15 is 0 Å². The van der Waals surface area contributed by atoms with Gasteiger partial charge in [0.25, 0.3) is 0 Å². The molecule has 0 atom stereocenters. The van der Waals surface area contributed by atoms with Gasteiger partial charge in [-0.15, -0.1) is 0 Å². The fraction of sp³-hybridized carbons (Fsp3) is 0.667. The van der Waals surface area contributed by atoms with Crippen LogP contribution in [0.25, 0.3) is 0 Å². The standard InChI is InChI=1S/C12H18ClNO2/c13-11-5-4-10(16-11)8-14-12(9-15)6-2-1-3-7-12/h4-5,14-15H,1-3,6-9H2. The zero-order valence-corrected chi connectivity index (χ0v) is 10.1. The number of furan rings is 1. The summed E-state index contributed by atoms with van der Waals surface area (Å²) in [6.45, 7) is 0.828. The van der Waals surface area contributed by atoms with Gasteiger partial charge < -0.3 is 14.8 Å². The van der Waals surface area contributed by atoms with Crippen LogP contribution in [-0.2, 0) is 6.54 Å². The number of halogens is 1. The molecular formula is C12H18ClNO2. The summed E-state index contributed by atoms with van der Waals surface area (Å²) in [4.78, 5) is 0. The Kier molecular flexibility index (Phi) is 3.90. The van der Waals surface area contributed by atoms with Crippen LogP contribution < -0.4 is 5.32 Å². The van der Waals surface area contributed by atoms with E-state index < -0.39 is 0 Å². The van der Waals surface area contributed by atoms with Gasteiger partial charge in [0.05, 0.1) is 13.2 Å². The number of hydrogen-bond donors (Lipinski definition) is 2. The summed E-state index contributed by atoms with van der Waals surface area (Å²) in [5.41, 5.74) is -0.114. The number of rotatable bonds is 4. The Balaban J connectivity index is 1.91. The average molecular weight is 244 g/mol. The smallest absolute Gasteiger partial charge is 0.193 e. The second-order valence-electron chi connectivity index (χ2n) is 4.56. The molecule has 0 unspecified atom stereocenters. The summed E-state index contributed by atoms with van der Waals surface area (Å²) < 4.78 is 5.29. The van der Waals surface area contributed by atoms with Crippen LogP contribution in [-0.4, -0.2) is 17.3 Å². The Morgan fingerprint density at radius 2 is 2.06 bits per heavy atom. The van der Waals surface area contributed by atoms with Gasteiger partial charge in [-0.25, -0.2) is 0 Å². The van der Waals surface area contributed by atoms with Crippen molar-refractivity contribution in [3.05, 3.63) is 23.1 Å². The summed E-state index contributed by atoms with van der Waals surface area (Å²) in [5, 5.41) is 13.3. The zero-order chi connectivity index (χ0) is 11.4. The Morgan fingerprint density at radius 1 is 1.31 bits per heavy atom. The molecule has 0 aromatic carbocycles. The summed E-state index contributed by atoms with van der Waals surface area (Å²) in [7, 11) is 0. The first-order valence-electron chi connectivity index (χ1n) is 5.84. The van der Waals surface area contributed by atoms with Crippen molar-refractivity contribution in [2.45, 2.75) is 44.2 Å². The minimum absolute atomic E-state index is 0.114. The van der Waals surface area contributed by atoms with E-state index in [1.807, 2.05) is 6.07 Å². The fourth-order valence-electron chi connectivity index (χ4n) is 2.34. The minimum atomic E-state index is -0.114. The van der Waals surface area contributed by atoms with Crippen molar-refractivity contribution in [2.75, 3.05) is 6.61 Å². The van der Waals surface area contributed by atoms with E-state index in [0.717, 1.165) is 18.6 Å². The summed E-state index contributed by atoms with van der Waals surface area (Å²) in [5.74, 6) is 0.823. The van der Waals surface area contributed by atoms with Crippen LogP contribution in [0.5, 0.6) is 0 Å². The van der Waals surface area contributed by atoms with E-state index in [2.05, 4.69) is 5.32 Å². The van der Waals surface area contributed by atoms with E-state index in [1.54, 1.807) is 6.07 Å². The molecule has 0 radical (unpaired) electrons. The first-order valence-corrected chi connectivity index (χ1v) is 6.22. The number of aliphatic hydroxyl groups is 1. The molecule has 90 valence electrons. The highest BCUT2D eigenvalue weighted by Gasteiger charge is 2.30. The molecule has 0 aliphatic heterocycles. The summed E-state index contributed by atoms with van der Waals surface area (Å²) in [6.07, 6.45) is 5.73. The van der Waals surface area contributed by atoms with E-state index in [4.69, 9.17) is 16.0 Å². The van der Waals surface area contributed by atoms with E-state index in [9.17, 15) is 5.11 Å². The van der Waals surface area contributed by atoms with Gasteiger partial charge in [0, 0.05) is 5.54 Å². The van der Waals surface area contributed by atoms with Gasteiger partial charge in [-0.05, 0) is 36.6 Å². The predicted molar refractivity (Wildman–Crippen MR) is 63.5 cm³/mol. The Hall–Kier alpha value is -0.510. The Labute approximate surface area is 101 Å². The van der Waals surface area contributed by atoms with Crippen molar-refractivity contribution in [1.82, 2.24) is 5.32 Å². The van der Waals surface area contributed by atoms with Crippen LogP contribution in [0.4, 0.5) is 0 Å². The molecule has 16 heavy (non-hydrogen) atoms. The van der Waals surface area contributed by atoms with Gasteiger partial charge in [-0.2, -0.15) is 0 Å². The van der Waals surface area contributed by atoms with Crippen molar-refractivity contribution >= 4 is 11.6 Å². The van der Waals surface area contributed by atoms with E-state index in [1.165, 1.54) is 19.3 Å². The third-order valence-electron chi connectivity index (χ3n) is 3.38. The molecule has 1 heterocycles. The molecule has 0 spiro atoms. The van der Waals surface area contributed by atoms with Crippen LogP contribution in [0.15, 0.2) is 16.5 Å². The highest BCUT2D eigenvalue weighted by atomic mass is 35.5. The van der Waals surface area contributed by atoms with Crippen molar-refractivity contribution in [3.8, 4) is 0 Å². The molecule has 1 aliphatic rings. The second kappa shape index (κ2) is 5.21. The summed E-state index contributed by atoms with van der Waals surface area (Å²) >= 11 is 5.71. The average Bonchev–Trinajstić information content (AvgIpc) is 2.74. The monoisotopic (exact) mass is 243 g/mol. The third kappa shape index (κ3) is 2.78. The van der Waals surface area contributed by atoms with Crippen molar-refractivity contribution < 1.29 is 9.52 Å². The SMILES string of the molecule is OCC1(NCc2ccc(Cl)o2)CCCCC1. The van der Waals surface area contributed by atoms with Gasteiger partial charge >= 0.3 is 0 Å². The molecule has 0 bridgehead atoms. The second-order valence-corrected chi connectivity index (χ2v) is 4.93. The lowest BCUT2D eigenvalue weighted by atomic mass is 9.82. The first kappa shape index (κ1) is 12.0. The highest BCUT2D eigenvalue weighted by molar-refractivity contribution is 6.28. The quantitative estimate of drug-likeness (QED) is 0.855. The van der Waals surface area contributed by atoms with Crippen LogP contribution in [0.2, 0.25) is 5.22 Å². The molecule has 0 saturated heterocycles. The maximum atomic E-state index is 9.51. The van der Waals surface area contributed by atoms with Crippen LogP contribution in [0.3, 0.4) is 0 Å². The lowest BCUT2D eigenvalue weighted by molar-refractivity contribution is 0.117. The molecule has 1 aromatic heterocycles. The lowest BCUT2D eigenvalue weighted by Gasteiger charge is -2.36. The minimum Gasteiger partial charge on any atom is -0.448 e. The molecule has 1 saturated carbocycles. The topological polar surface area (TPSA) is 45.4 Å². The van der Waals surface area contributed by atoms with Gasteiger partial charge in [-0.1, -0.05) is 19.3 Å². The number of nitrogens with one attached hydrogen (secondary N) is 1. The van der Waals surface area contributed by atoms with Crippen LogP contribution >= 0.6 is 11.6 Å². The fourth-order valence-corrected chi connectivity index (χ4v) is 2.50. The van der Waals surface area contributed by atoms with Crippen LogP contribution in [0.1, 0.15) is 37.9 Å². The number of hydrogen-bond acceptors (Lipinski definition) is 3. The predicted octanol–water partition coefficient (Wildman–Crippen LogP) is 2.72. The molecule has 3 nitrogen and oxygen atoms in total. The van der Waals surface area contributed by atoms with Crippen LogP contribution in [0, 0.1) is 0 Å². The lowest BCUT2D eigenvalue weighted by Crippen LogP contribution is -2.49. The first-order chi connectivity index (χ1) is 7.74. The third-order valence-corrected chi connectivity index (χ3v) is 3.58. The van der Waals surface area contributed by atoms with E-state index in [-0.39, 0.29) is 12.1 Å². The molecule has 1 fully saturated rings. The largest absolute Gasteiger partial charge is 0.448 e.